The fraction of sp³-hybridized carbons (Fsp3) is 0.500. The van der Waals surface area contributed by atoms with Crippen LogP contribution in [-0.2, 0) is 0 Å². The van der Waals surface area contributed by atoms with Gasteiger partial charge in [0.2, 0.25) is 0 Å². The average molecular weight is 231 g/mol. The zero-order chi connectivity index (χ0) is 11.8. The molecule has 1 heterocycles. The highest BCUT2D eigenvalue weighted by atomic mass is 16.4. The largest absolute Gasteiger partial charge is 0.464 e. The van der Waals surface area contributed by atoms with Crippen molar-refractivity contribution < 1.29 is 9.90 Å². The number of hydrogen-bond acceptors (Lipinski definition) is 1. The van der Waals surface area contributed by atoms with E-state index in [1.807, 2.05) is 6.08 Å². The van der Waals surface area contributed by atoms with Crippen molar-refractivity contribution in [2.75, 3.05) is 0 Å². The number of carbonyl (C=O) groups is 1. The van der Waals surface area contributed by atoms with Crippen molar-refractivity contribution in [1.29, 1.82) is 0 Å². The number of fused-ring (bicyclic) bond motifs is 1. The number of amides is 1. The predicted octanol–water partition coefficient (Wildman–Crippen LogP) is 3.80. The number of hydrogen-bond donors (Lipinski definition) is 1. The lowest BCUT2D eigenvalue weighted by atomic mass is 9.89. The molecule has 1 aliphatic heterocycles. The highest BCUT2D eigenvalue weighted by Crippen LogP contribution is 2.43. The van der Waals surface area contributed by atoms with Crippen molar-refractivity contribution in [2.45, 2.75) is 44.9 Å². The highest BCUT2D eigenvalue weighted by Gasteiger charge is 2.30. The van der Waals surface area contributed by atoms with E-state index in [4.69, 9.17) is 0 Å². The van der Waals surface area contributed by atoms with Crippen LogP contribution in [0.4, 0.5) is 4.79 Å². The van der Waals surface area contributed by atoms with Gasteiger partial charge in [0.15, 0.2) is 0 Å². The van der Waals surface area contributed by atoms with Crippen molar-refractivity contribution >= 4 is 6.09 Å². The van der Waals surface area contributed by atoms with Gasteiger partial charge in [-0.2, -0.15) is 0 Å². The van der Waals surface area contributed by atoms with Crippen molar-refractivity contribution in [1.82, 2.24) is 4.90 Å². The summed E-state index contributed by atoms with van der Waals surface area (Å²) >= 11 is 0. The molecule has 3 aliphatic rings. The van der Waals surface area contributed by atoms with E-state index in [9.17, 15) is 9.90 Å². The van der Waals surface area contributed by atoms with Crippen LogP contribution < -0.4 is 0 Å². The molecule has 2 aliphatic carbocycles. The molecule has 0 fully saturated rings. The van der Waals surface area contributed by atoms with Crippen LogP contribution in [0.3, 0.4) is 0 Å². The molecule has 0 atom stereocenters. The summed E-state index contributed by atoms with van der Waals surface area (Å²) in [5.74, 6) is 0. The average Bonchev–Trinajstić information content (AvgIpc) is 2.67. The molecular weight excluding hydrogens is 214 g/mol. The van der Waals surface area contributed by atoms with Gasteiger partial charge in [-0.25, -0.2) is 4.79 Å². The molecule has 0 aromatic heterocycles. The topological polar surface area (TPSA) is 40.5 Å². The summed E-state index contributed by atoms with van der Waals surface area (Å²) < 4.78 is 0. The molecule has 0 aromatic rings. The molecule has 3 rings (SSSR count). The van der Waals surface area contributed by atoms with Crippen molar-refractivity contribution in [2.24, 2.45) is 0 Å². The van der Waals surface area contributed by atoms with E-state index < -0.39 is 6.09 Å². The van der Waals surface area contributed by atoms with Crippen molar-refractivity contribution in [3.8, 4) is 0 Å². The van der Waals surface area contributed by atoms with Crippen LogP contribution in [0.5, 0.6) is 0 Å². The molecular formula is C14H17NO2. The van der Waals surface area contributed by atoms with Crippen LogP contribution in [0.25, 0.3) is 0 Å². The van der Waals surface area contributed by atoms with Crippen LogP contribution >= 0.6 is 0 Å². The zero-order valence-corrected chi connectivity index (χ0v) is 9.91. The van der Waals surface area contributed by atoms with Gasteiger partial charge in [0, 0.05) is 6.20 Å². The molecule has 90 valence electrons. The molecule has 0 spiro atoms. The first-order valence-corrected chi connectivity index (χ1v) is 6.39. The van der Waals surface area contributed by atoms with Crippen molar-refractivity contribution in [3.05, 3.63) is 34.7 Å². The maximum Gasteiger partial charge on any atom is 0.415 e. The van der Waals surface area contributed by atoms with E-state index in [0.29, 0.717) is 0 Å². The molecule has 0 aromatic carbocycles. The Morgan fingerprint density at radius 3 is 2.76 bits per heavy atom. The van der Waals surface area contributed by atoms with Gasteiger partial charge in [-0.05, 0) is 56.1 Å². The minimum Gasteiger partial charge on any atom is -0.464 e. The van der Waals surface area contributed by atoms with E-state index in [-0.39, 0.29) is 0 Å². The molecule has 1 amide bonds. The Morgan fingerprint density at radius 1 is 1.12 bits per heavy atom. The Morgan fingerprint density at radius 2 is 1.94 bits per heavy atom. The normalized spacial score (nSPS) is 23.6. The summed E-state index contributed by atoms with van der Waals surface area (Å²) in [6.07, 6.45) is 10.5. The highest BCUT2D eigenvalue weighted by molar-refractivity contribution is 5.72. The van der Waals surface area contributed by atoms with Gasteiger partial charge in [-0.3, -0.25) is 4.90 Å². The van der Waals surface area contributed by atoms with Crippen LogP contribution in [-0.4, -0.2) is 16.1 Å². The summed E-state index contributed by atoms with van der Waals surface area (Å²) in [5.41, 5.74) is 5.20. The Bertz CT molecular complexity index is 457. The van der Waals surface area contributed by atoms with E-state index in [2.05, 4.69) is 0 Å². The number of nitrogens with zero attached hydrogens (tertiary/aromatic N) is 1. The van der Waals surface area contributed by atoms with Crippen LogP contribution in [0, 0.1) is 0 Å². The van der Waals surface area contributed by atoms with Crippen LogP contribution in [0.15, 0.2) is 34.7 Å². The molecule has 0 saturated heterocycles. The zero-order valence-electron chi connectivity index (χ0n) is 9.91. The summed E-state index contributed by atoms with van der Waals surface area (Å²) in [6.45, 7) is 0. The molecule has 0 radical (unpaired) electrons. The Labute approximate surface area is 101 Å². The smallest absolute Gasteiger partial charge is 0.415 e. The van der Waals surface area contributed by atoms with Crippen LogP contribution in [0.1, 0.15) is 44.9 Å². The summed E-state index contributed by atoms with van der Waals surface area (Å²) in [4.78, 5) is 12.8. The first-order chi connectivity index (χ1) is 8.27. The third kappa shape index (κ3) is 1.70. The van der Waals surface area contributed by atoms with Gasteiger partial charge in [0.05, 0.1) is 5.70 Å². The lowest BCUT2D eigenvalue weighted by Gasteiger charge is -2.27. The molecule has 0 saturated carbocycles. The van der Waals surface area contributed by atoms with E-state index >= 15 is 0 Å². The monoisotopic (exact) mass is 231 g/mol. The molecule has 0 bridgehead atoms. The second-order valence-corrected chi connectivity index (χ2v) is 4.96. The summed E-state index contributed by atoms with van der Waals surface area (Å²) in [5, 5.41) is 9.34. The number of carboxylic acid groups (broad SMARTS) is 1. The Kier molecular flexibility index (Phi) is 2.54. The van der Waals surface area contributed by atoms with Gasteiger partial charge in [-0.1, -0.05) is 11.6 Å². The van der Waals surface area contributed by atoms with Gasteiger partial charge >= 0.3 is 6.09 Å². The third-order valence-corrected chi connectivity index (χ3v) is 4.00. The molecule has 3 nitrogen and oxygen atoms in total. The molecule has 3 heteroatoms. The third-order valence-electron chi connectivity index (χ3n) is 4.00. The van der Waals surface area contributed by atoms with Gasteiger partial charge in [0.25, 0.3) is 0 Å². The molecule has 17 heavy (non-hydrogen) atoms. The summed E-state index contributed by atoms with van der Waals surface area (Å²) in [7, 11) is 0. The Balaban J connectivity index is 2.09. The second-order valence-electron chi connectivity index (χ2n) is 4.96. The Hall–Kier alpha value is -1.51. The van der Waals surface area contributed by atoms with E-state index in [1.165, 1.54) is 34.5 Å². The first-order valence-electron chi connectivity index (χ1n) is 6.39. The van der Waals surface area contributed by atoms with E-state index in [1.54, 1.807) is 6.20 Å². The fourth-order valence-electron chi connectivity index (χ4n) is 3.23. The SMILES string of the molecule is O=C(O)N1C=CCCC2=C1C1=C(CCC1)CC2. The van der Waals surface area contributed by atoms with Gasteiger partial charge in [-0.15, -0.1) is 0 Å². The standard InChI is InChI=1S/C14H17NO2/c16-14(17)15-9-2-1-4-11-8-7-10-5-3-6-12(10)13(11)15/h2,9H,1,3-8H2,(H,16,17). The van der Waals surface area contributed by atoms with Crippen molar-refractivity contribution in [3.63, 3.8) is 0 Å². The molecule has 1 N–H and O–H groups in total. The lowest BCUT2D eigenvalue weighted by Crippen LogP contribution is -2.26. The number of rotatable bonds is 0. The molecule has 0 unspecified atom stereocenters. The number of allylic oxidation sites excluding steroid dienone is 4. The minimum absolute atomic E-state index is 0.851. The quantitative estimate of drug-likeness (QED) is 0.688. The van der Waals surface area contributed by atoms with E-state index in [0.717, 1.165) is 37.8 Å². The second kappa shape index (κ2) is 4.06. The first kappa shape index (κ1) is 10.6. The minimum atomic E-state index is -0.851. The maximum absolute atomic E-state index is 11.4. The van der Waals surface area contributed by atoms with Crippen LogP contribution in [0.2, 0.25) is 0 Å². The summed E-state index contributed by atoms with van der Waals surface area (Å²) in [6, 6.07) is 0. The lowest BCUT2D eigenvalue weighted by molar-refractivity contribution is 0.172. The van der Waals surface area contributed by atoms with Gasteiger partial charge in [0.1, 0.15) is 0 Å². The predicted molar refractivity (Wildman–Crippen MR) is 65.4 cm³/mol. The maximum atomic E-state index is 11.4. The van der Waals surface area contributed by atoms with Gasteiger partial charge < -0.3 is 5.11 Å². The fourth-order valence-corrected chi connectivity index (χ4v) is 3.23.